The maximum Gasteiger partial charge on any atom is 0.408 e. The number of hydrogen-bond donors (Lipinski definition) is 12. The average molecular weight is 1150 g/mol. The van der Waals surface area contributed by atoms with Gasteiger partial charge in [0.15, 0.2) is 0 Å². The average Bonchev–Trinajstić information content (AvgIpc) is 3.42. The third-order valence-corrected chi connectivity index (χ3v) is 14.4. The molecule has 0 saturated heterocycles. The molecule has 0 radical (unpaired) electrons. The number of carbonyl (C=O) groups is 7. The molecule has 0 aliphatic rings. The molecule has 7 amide bonds. The molecule has 0 aliphatic heterocycles. The molecule has 0 fully saturated rings. The number of nitrogens with zero attached hydrogens (tertiary/aromatic N) is 4. The van der Waals surface area contributed by atoms with Gasteiger partial charge < -0.3 is 81.3 Å². The van der Waals surface area contributed by atoms with E-state index in [1.807, 2.05) is 0 Å². The van der Waals surface area contributed by atoms with Crippen molar-refractivity contribution in [3.63, 3.8) is 0 Å². The molecule has 79 heavy (non-hydrogen) atoms. The van der Waals surface area contributed by atoms with Crippen LogP contribution in [0.2, 0.25) is 0 Å². The lowest BCUT2D eigenvalue weighted by molar-refractivity contribution is -0.123. The lowest BCUT2D eigenvalue weighted by atomic mass is 10.1. The van der Waals surface area contributed by atoms with Crippen LogP contribution in [0.3, 0.4) is 0 Å². The molecule has 0 aliphatic carbocycles. The molecular weight excluding hydrogens is 1050 g/mol. The Hall–Kier alpha value is -5.19. The summed E-state index contributed by atoms with van der Waals surface area (Å²) in [6.07, 6.45) is 11.9. The van der Waals surface area contributed by atoms with Crippen LogP contribution in [0.25, 0.3) is 0 Å². The molecule has 0 saturated carbocycles. The minimum Gasteiger partial charge on any atom is -0.444 e. The Kier molecular flexibility index (Phi) is 36.2. The van der Waals surface area contributed by atoms with Crippen LogP contribution in [-0.2, 0) is 23.9 Å². The van der Waals surface area contributed by atoms with E-state index in [0.29, 0.717) is 151 Å². The molecule has 19 N–H and O–H groups in total. The molecule has 0 aromatic carbocycles. The third-order valence-electron chi connectivity index (χ3n) is 12.2. The Balaban J connectivity index is 2.12. The van der Waals surface area contributed by atoms with Crippen molar-refractivity contribution >= 4 is 63.1 Å². The molecule has 24 nitrogen and oxygen atoms in total. The normalized spacial score (nSPS) is 12.8. The zero-order valence-corrected chi connectivity index (χ0v) is 48.6. The number of unbranched alkanes of at least 4 members (excludes halogenated alkanes) is 4. The molecule has 0 spiro atoms. The SMILES string of the molecule is CC(C)(C)OC(=O)N[C@@H](CCCCN)C(=O)NCCCN(CCCNC(=O)[C@@H](N)CCCCN)C(=O)c1ccc(SSc2ccc(C(=O)N(CCCNC(=O)[C@@H](N)CCCCN)CCCNC(=O)[C@@H](N)CCCCN)cn2)nc1. The number of aromatic nitrogens is 2. The molecule has 2 aromatic rings. The van der Waals surface area contributed by atoms with Gasteiger partial charge in [0.1, 0.15) is 21.7 Å². The predicted octanol–water partition coefficient (Wildman–Crippen LogP) is 1.58. The standard InChI is InChI=1S/C53H94N16O8S2/c1-53(2,3)77-52(76)67-43(19-7-11-27-57)49(73)64-31-15-35-69(34-14-30-63-48(72)42(60)18-6-10-26-56)51(75)39-21-23-45(66-37-39)79-78-44-22-20-38(36-65-44)50(74)68(32-12-28-61-46(70)40(58)16-4-8-24-54)33-13-29-62-47(71)41(59)17-5-9-25-55/h20-23,36-37,40-43H,4-19,24-35,54-60H2,1-3H3,(H,61,70)(H,62,71)(H,63,72)(H,64,73)(H,67,76)/t40-,41-,42-,43-/m0/s1. The highest BCUT2D eigenvalue weighted by molar-refractivity contribution is 8.76. The first kappa shape index (κ1) is 69.9. The topological polar surface area (TPSA) is 403 Å². The largest absolute Gasteiger partial charge is 0.444 e. The van der Waals surface area contributed by atoms with Crippen molar-refractivity contribution in [3.8, 4) is 0 Å². The van der Waals surface area contributed by atoms with Crippen LogP contribution in [0.5, 0.6) is 0 Å². The number of ether oxygens (including phenoxy) is 1. The zero-order valence-electron chi connectivity index (χ0n) is 47.0. The molecule has 2 rings (SSSR count). The van der Waals surface area contributed by atoms with E-state index in [1.165, 1.54) is 34.0 Å². The van der Waals surface area contributed by atoms with E-state index in [-0.39, 0.29) is 48.5 Å². The van der Waals surface area contributed by atoms with Crippen LogP contribution in [0.1, 0.15) is 144 Å². The summed E-state index contributed by atoms with van der Waals surface area (Å²) in [7, 11) is 2.64. The second-order valence-electron chi connectivity index (χ2n) is 20.3. The van der Waals surface area contributed by atoms with Crippen LogP contribution in [0.4, 0.5) is 4.79 Å². The van der Waals surface area contributed by atoms with Crippen molar-refractivity contribution in [2.75, 3.05) is 78.5 Å². The van der Waals surface area contributed by atoms with Gasteiger partial charge in [-0.2, -0.15) is 0 Å². The van der Waals surface area contributed by atoms with Crippen molar-refractivity contribution in [3.05, 3.63) is 47.8 Å². The van der Waals surface area contributed by atoms with Crippen LogP contribution in [0.15, 0.2) is 46.7 Å². The fraction of sp³-hybridized carbons (Fsp3) is 0.679. The van der Waals surface area contributed by atoms with Crippen molar-refractivity contribution in [2.45, 2.75) is 163 Å². The zero-order chi connectivity index (χ0) is 58.4. The summed E-state index contributed by atoms with van der Waals surface area (Å²) in [4.78, 5) is 104. The van der Waals surface area contributed by atoms with Gasteiger partial charge in [0.05, 0.1) is 29.3 Å². The molecule has 0 bridgehead atoms. The smallest absolute Gasteiger partial charge is 0.408 e. The number of nitrogens with one attached hydrogen (secondary N) is 5. The Morgan fingerprint density at radius 2 is 0.823 bits per heavy atom. The summed E-state index contributed by atoms with van der Waals surface area (Å²) in [6, 6.07) is 4.06. The van der Waals surface area contributed by atoms with Crippen molar-refractivity contribution in [2.24, 2.45) is 40.1 Å². The fourth-order valence-corrected chi connectivity index (χ4v) is 9.48. The van der Waals surface area contributed by atoms with Gasteiger partial charge in [-0.3, -0.25) is 28.8 Å². The predicted molar refractivity (Wildman–Crippen MR) is 311 cm³/mol. The van der Waals surface area contributed by atoms with Crippen LogP contribution in [0, 0.1) is 0 Å². The van der Waals surface area contributed by atoms with Gasteiger partial charge in [-0.1, -0.05) is 19.3 Å². The van der Waals surface area contributed by atoms with Gasteiger partial charge in [0, 0.05) is 64.8 Å². The molecule has 2 aromatic heterocycles. The molecular formula is C53H94N16O8S2. The first-order valence-corrected chi connectivity index (χ1v) is 30.0. The van der Waals surface area contributed by atoms with Crippen LogP contribution in [-0.4, -0.2) is 170 Å². The lowest BCUT2D eigenvalue weighted by Crippen LogP contribution is -2.48. The minimum atomic E-state index is -0.834. The highest BCUT2D eigenvalue weighted by Gasteiger charge is 2.25. The van der Waals surface area contributed by atoms with E-state index in [0.717, 1.165) is 38.5 Å². The summed E-state index contributed by atoms with van der Waals surface area (Å²) in [6.45, 7) is 9.62. The summed E-state index contributed by atoms with van der Waals surface area (Å²) in [5, 5.41) is 15.3. The molecule has 4 atom stereocenters. The first-order valence-electron chi connectivity index (χ1n) is 27.9. The second kappa shape index (κ2) is 40.9. The molecule has 2 heterocycles. The highest BCUT2D eigenvalue weighted by Crippen LogP contribution is 2.35. The summed E-state index contributed by atoms with van der Waals surface area (Å²) in [5.74, 6) is -1.71. The van der Waals surface area contributed by atoms with Gasteiger partial charge in [0.25, 0.3) is 11.8 Å². The number of pyridine rings is 2. The summed E-state index contributed by atoms with van der Waals surface area (Å²) in [5.41, 5.74) is 40.5. The first-order chi connectivity index (χ1) is 37.8. The number of rotatable bonds is 42. The number of alkyl carbamates (subject to hydrolysis) is 1. The minimum absolute atomic E-state index is 0.216. The van der Waals surface area contributed by atoms with E-state index in [4.69, 9.17) is 44.9 Å². The number of nitrogens with two attached hydrogens (primary N) is 7. The Morgan fingerprint density at radius 1 is 0.494 bits per heavy atom. The Labute approximate surface area is 475 Å². The maximum absolute atomic E-state index is 14.0. The van der Waals surface area contributed by atoms with E-state index in [2.05, 4.69) is 36.6 Å². The van der Waals surface area contributed by atoms with Gasteiger partial charge in [0.2, 0.25) is 23.6 Å². The summed E-state index contributed by atoms with van der Waals surface area (Å²) < 4.78 is 5.38. The van der Waals surface area contributed by atoms with Gasteiger partial charge in [-0.25, -0.2) is 14.8 Å². The second-order valence-corrected chi connectivity index (χ2v) is 22.4. The number of carbonyl (C=O) groups excluding carboxylic acids is 7. The van der Waals surface area contributed by atoms with Gasteiger partial charge in [-0.05, 0) is 176 Å². The van der Waals surface area contributed by atoms with Crippen molar-refractivity contribution < 1.29 is 38.3 Å². The summed E-state index contributed by atoms with van der Waals surface area (Å²) >= 11 is 0. The third kappa shape index (κ3) is 30.8. The van der Waals surface area contributed by atoms with E-state index < -0.39 is 35.9 Å². The Morgan fingerprint density at radius 3 is 1.13 bits per heavy atom. The Bertz CT molecular complexity index is 2050. The van der Waals surface area contributed by atoms with E-state index >= 15 is 0 Å². The fourth-order valence-electron chi connectivity index (χ4n) is 7.77. The van der Waals surface area contributed by atoms with Gasteiger partial charge in [-0.15, -0.1) is 0 Å². The van der Waals surface area contributed by atoms with Crippen molar-refractivity contribution in [1.82, 2.24) is 46.4 Å². The maximum atomic E-state index is 14.0. The monoisotopic (exact) mass is 1150 g/mol. The molecule has 446 valence electrons. The van der Waals surface area contributed by atoms with Crippen LogP contribution < -0.4 is 66.7 Å². The number of amides is 7. The van der Waals surface area contributed by atoms with Crippen molar-refractivity contribution in [1.29, 1.82) is 0 Å². The van der Waals surface area contributed by atoms with E-state index in [1.54, 1.807) is 54.8 Å². The number of hydrogen-bond acceptors (Lipinski definition) is 19. The molecule has 26 heteroatoms. The van der Waals surface area contributed by atoms with Crippen LogP contribution >= 0.6 is 21.6 Å². The quantitative estimate of drug-likeness (QED) is 0.0332. The van der Waals surface area contributed by atoms with E-state index in [9.17, 15) is 33.6 Å². The molecule has 0 unspecified atom stereocenters. The highest BCUT2D eigenvalue weighted by atomic mass is 33.1. The van der Waals surface area contributed by atoms with Gasteiger partial charge >= 0.3 is 6.09 Å². The lowest BCUT2D eigenvalue weighted by Gasteiger charge is -2.24.